The van der Waals surface area contributed by atoms with Crippen LogP contribution in [0.2, 0.25) is 0 Å². The molecule has 0 aliphatic rings. The molecular formula is C51H30N4OS. The number of benzene rings is 8. The highest BCUT2D eigenvalue weighted by molar-refractivity contribution is 7.26. The van der Waals surface area contributed by atoms with E-state index in [4.69, 9.17) is 19.4 Å². The standard InChI is InChI=1S/C51H30N4OS/c1-4-14-31(15-5-1)34-24-26-43-39(28-34)36-20-10-12-22-42(36)55(43)35-29-40-46-45(27-25-38-37-21-11-13-23-44(37)56-47(38)46)57-48(40)41(30-35)51-53-49(32-16-6-2-7-17-32)52-50(54-51)33-18-8-3-9-19-33/h1-30H. The Labute approximate surface area is 330 Å². The molecule has 266 valence electrons. The van der Waals surface area contributed by atoms with E-state index < -0.39 is 0 Å². The lowest BCUT2D eigenvalue weighted by Crippen LogP contribution is -2.01. The van der Waals surface area contributed by atoms with Crippen LogP contribution in [0.5, 0.6) is 0 Å². The molecule has 0 amide bonds. The quantitative estimate of drug-likeness (QED) is 0.176. The molecule has 0 atom stereocenters. The lowest BCUT2D eigenvalue weighted by molar-refractivity contribution is 0.673. The summed E-state index contributed by atoms with van der Waals surface area (Å²) in [7, 11) is 0. The molecule has 57 heavy (non-hydrogen) atoms. The maximum Gasteiger partial charge on any atom is 0.165 e. The van der Waals surface area contributed by atoms with Gasteiger partial charge in [0.15, 0.2) is 17.5 Å². The van der Waals surface area contributed by atoms with Crippen molar-refractivity contribution < 1.29 is 4.42 Å². The van der Waals surface area contributed by atoms with E-state index >= 15 is 0 Å². The fourth-order valence-electron chi connectivity index (χ4n) is 8.42. The molecule has 0 aliphatic heterocycles. The third kappa shape index (κ3) is 5.04. The molecule has 0 radical (unpaired) electrons. The molecule has 0 saturated carbocycles. The van der Waals surface area contributed by atoms with Crippen molar-refractivity contribution in [2.24, 2.45) is 0 Å². The van der Waals surface area contributed by atoms with Crippen LogP contribution in [0, 0.1) is 0 Å². The Bertz CT molecular complexity index is 3460. The van der Waals surface area contributed by atoms with E-state index in [1.54, 1.807) is 11.3 Å². The molecule has 0 aliphatic carbocycles. The first-order valence-corrected chi connectivity index (χ1v) is 19.8. The molecule has 0 unspecified atom stereocenters. The highest BCUT2D eigenvalue weighted by atomic mass is 32.1. The van der Waals surface area contributed by atoms with Crippen molar-refractivity contribution in [1.29, 1.82) is 0 Å². The summed E-state index contributed by atoms with van der Waals surface area (Å²) in [5.74, 6) is 1.88. The molecule has 4 aromatic heterocycles. The van der Waals surface area contributed by atoms with Gasteiger partial charge in [-0.3, -0.25) is 0 Å². The smallest absolute Gasteiger partial charge is 0.165 e. The molecule has 12 aromatic rings. The van der Waals surface area contributed by atoms with Crippen molar-refractivity contribution in [2.75, 3.05) is 0 Å². The van der Waals surface area contributed by atoms with Crippen molar-refractivity contribution in [3.8, 4) is 51.0 Å². The monoisotopic (exact) mass is 746 g/mol. The lowest BCUT2D eigenvalue weighted by atomic mass is 10.0. The Hall–Kier alpha value is -7.41. The fourth-order valence-corrected chi connectivity index (χ4v) is 9.61. The van der Waals surface area contributed by atoms with Gasteiger partial charge in [0.05, 0.1) is 11.0 Å². The minimum atomic E-state index is 0.620. The lowest BCUT2D eigenvalue weighted by Gasteiger charge is -2.13. The zero-order chi connectivity index (χ0) is 37.5. The summed E-state index contributed by atoms with van der Waals surface area (Å²) in [4.78, 5) is 15.6. The maximum atomic E-state index is 6.72. The van der Waals surface area contributed by atoms with Gasteiger partial charge in [0.1, 0.15) is 11.2 Å². The average molecular weight is 747 g/mol. The molecule has 0 spiro atoms. The molecular weight excluding hydrogens is 717 g/mol. The molecule has 0 bridgehead atoms. The first-order valence-electron chi connectivity index (χ1n) is 19.0. The van der Waals surface area contributed by atoms with Crippen molar-refractivity contribution in [3.05, 3.63) is 182 Å². The third-order valence-electron chi connectivity index (χ3n) is 11.0. The molecule has 5 nitrogen and oxygen atoms in total. The Kier molecular flexibility index (Phi) is 7.03. The Balaban J connectivity index is 1.20. The largest absolute Gasteiger partial charge is 0.455 e. The number of thiophene rings is 1. The van der Waals surface area contributed by atoms with Crippen LogP contribution in [0.1, 0.15) is 0 Å². The van der Waals surface area contributed by atoms with E-state index in [0.717, 1.165) is 75.5 Å². The van der Waals surface area contributed by atoms with Crippen LogP contribution < -0.4 is 0 Å². The molecule has 0 fully saturated rings. The Morgan fingerprint density at radius 2 is 1.04 bits per heavy atom. The van der Waals surface area contributed by atoms with Gasteiger partial charge in [-0.2, -0.15) is 0 Å². The number of furan rings is 1. The number of hydrogen-bond donors (Lipinski definition) is 0. The average Bonchev–Trinajstić information content (AvgIpc) is 3.96. The SMILES string of the molecule is c1ccc(-c2ccc3c(c2)c2ccccc2n3-c2cc(-c3nc(-c4ccccc4)nc(-c4ccccc4)n3)c3sc4ccc5c6ccccc6oc5c4c3c2)cc1. The molecule has 12 rings (SSSR count). The molecule has 4 heterocycles. The van der Waals surface area contributed by atoms with Gasteiger partial charge in [0, 0.05) is 64.1 Å². The second-order valence-electron chi connectivity index (χ2n) is 14.4. The molecule has 6 heteroatoms. The summed E-state index contributed by atoms with van der Waals surface area (Å²) >= 11 is 1.75. The van der Waals surface area contributed by atoms with Crippen molar-refractivity contribution >= 4 is 75.3 Å². The van der Waals surface area contributed by atoms with Gasteiger partial charge in [-0.25, -0.2) is 15.0 Å². The summed E-state index contributed by atoms with van der Waals surface area (Å²) in [5.41, 5.74) is 10.2. The van der Waals surface area contributed by atoms with E-state index in [1.165, 1.54) is 21.9 Å². The van der Waals surface area contributed by atoms with Gasteiger partial charge in [0.2, 0.25) is 0 Å². The van der Waals surface area contributed by atoms with Crippen LogP contribution in [0.4, 0.5) is 0 Å². The molecule has 0 N–H and O–H groups in total. The predicted molar refractivity (Wildman–Crippen MR) is 236 cm³/mol. The molecule has 0 saturated heterocycles. The van der Waals surface area contributed by atoms with E-state index in [9.17, 15) is 0 Å². The maximum absolute atomic E-state index is 6.72. The third-order valence-corrected chi connectivity index (χ3v) is 12.2. The van der Waals surface area contributed by atoms with Gasteiger partial charge < -0.3 is 8.98 Å². The summed E-state index contributed by atoms with van der Waals surface area (Å²) in [6, 6.07) is 63.8. The summed E-state index contributed by atoms with van der Waals surface area (Å²) in [6.45, 7) is 0. The zero-order valence-corrected chi connectivity index (χ0v) is 31.2. The number of para-hydroxylation sites is 2. The van der Waals surface area contributed by atoms with Crippen molar-refractivity contribution in [3.63, 3.8) is 0 Å². The highest BCUT2D eigenvalue weighted by Gasteiger charge is 2.23. The first kappa shape index (κ1) is 31.9. The number of hydrogen-bond acceptors (Lipinski definition) is 5. The second kappa shape index (κ2) is 12.6. The second-order valence-corrected chi connectivity index (χ2v) is 15.4. The van der Waals surface area contributed by atoms with E-state index in [2.05, 4.69) is 144 Å². The fraction of sp³-hybridized carbons (Fsp3) is 0. The van der Waals surface area contributed by atoms with E-state index in [0.29, 0.717) is 17.5 Å². The van der Waals surface area contributed by atoms with Crippen LogP contribution in [0.3, 0.4) is 0 Å². The Morgan fingerprint density at radius 3 is 1.77 bits per heavy atom. The number of fused-ring (bicyclic) bond motifs is 10. The van der Waals surface area contributed by atoms with Crippen LogP contribution in [0.25, 0.3) is 115 Å². The summed E-state index contributed by atoms with van der Waals surface area (Å²) < 4.78 is 11.3. The highest BCUT2D eigenvalue weighted by Crippen LogP contribution is 2.47. The minimum absolute atomic E-state index is 0.620. The number of aromatic nitrogens is 4. The van der Waals surface area contributed by atoms with Gasteiger partial charge in [-0.05, 0) is 59.7 Å². The van der Waals surface area contributed by atoms with Crippen LogP contribution in [0.15, 0.2) is 186 Å². The number of nitrogens with zero attached hydrogens (tertiary/aromatic N) is 4. The topological polar surface area (TPSA) is 56.7 Å². The van der Waals surface area contributed by atoms with E-state index in [1.807, 2.05) is 42.5 Å². The number of rotatable bonds is 5. The van der Waals surface area contributed by atoms with Crippen molar-refractivity contribution in [1.82, 2.24) is 19.5 Å². The first-order chi connectivity index (χ1) is 28.2. The molecule has 8 aromatic carbocycles. The van der Waals surface area contributed by atoms with Crippen molar-refractivity contribution in [2.45, 2.75) is 0 Å². The van der Waals surface area contributed by atoms with Crippen LogP contribution in [-0.2, 0) is 0 Å². The van der Waals surface area contributed by atoms with Crippen LogP contribution >= 0.6 is 11.3 Å². The minimum Gasteiger partial charge on any atom is -0.455 e. The summed E-state index contributed by atoms with van der Waals surface area (Å²) in [5, 5.41) is 6.80. The van der Waals surface area contributed by atoms with Gasteiger partial charge >= 0.3 is 0 Å². The predicted octanol–water partition coefficient (Wildman–Crippen LogP) is 13.9. The van der Waals surface area contributed by atoms with Crippen LogP contribution in [-0.4, -0.2) is 19.5 Å². The normalized spacial score (nSPS) is 11.9. The van der Waals surface area contributed by atoms with Gasteiger partial charge in [0.25, 0.3) is 0 Å². The zero-order valence-electron chi connectivity index (χ0n) is 30.4. The summed E-state index contributed by atoms with van der Waals surface area (Å²) in [6.07, 6.45) is 0. The van der Waals surface area contributed by atoms with E-state index in [-0.39, 0.29) is 0 Å². The van der Waals surface area contributed by atoms with Gasteiger partial charge in [-0.1, -0.05) is 133 Å². The van der Waals surface area contributed by atoms with Gasteiger partial charge in [-0.15, -0.1) is 11.3 Å². The Morgan fingerprint density at radius 1 is 0.421 bits per heavy atom.